The largest absolute Gasteiger partial charge is 0.376 e. The van der Waals surface area contributed by atoms with Gasteiger partial charge in [0.1, 0.15) is 0 Å². The zero-order valence-electron chi connectivity index (χ0n) is 11.0. The van der Waals surface area contributed by atoms with E-state index in [-0.39, 0.29) is 6.04 Å². The molecule has 104 valence electrons. The van der Waals surface area contributed by atoms with Gasteiger partial charge in [-0.25, -0.2) is 8.78 Å². The minimum Gasteiger partial charge on any atom is -0.376 e. The molecule has 1 saturated carbocycles. The highest BCUT2D eigenvalue weighted by atomic mass is 19.2. The fourth-order valence-electron chi connectivity index (χ4n) is 2.88. The Morgan fingerprint density at radius 2 is 2.00 bits per heavy atom. The highest BCUT2D eigenvalue weighted by molar-refractivity contribution is 5.21. The van der Waals surface area contributed by atoms with E-state index >= 15 is 0 Å². The molecule has 1 saturated heterocycles. The van der Waals surface area contributed by atoms with E-state index in [0.717, 1.165) is 18.6 Å². The Kier molecular flexibility index (Phi) is 3.54. The van der Waals surface area contributed by atoms with Gasteiger partial charge in [-0.3, -0.25) is 0 Å². The Labute approximate surface area is 112 Å². The first-order valence-corrected chi connectivity index (χ1v) is 6.98. The first-order valence-electron chi connectivity index (χ1n) is 6.98. The van der Waals surface area contributed by atoms with Crippen molar-refractivity contribution in [2.75, 3.05) is 6.61 Å². The molecule has 2 nitrogen and oxygen atoms in total. The summed E-state index contributed by atoms with van der Waals surface area (Å²) in [4.78, 5) is 0. The lowest BCUT2D eigenvalue weighted by atomic mass is 10.0. The fourth-order valence-corrected chi connectivity index (χ4v) is 2.88. The topological polar surface area (TPSA) is 21.3 Å². The Morgan fingerprint density at radius 1 is 1.21 bits per heavy atom. The van der Waals surface area contributed by atoms with Crippen molar-refractivity contribution in [1.29, 1.82) is 0 Å². The average molecular weight is 267 g/mol. The van der Waals surface area contributed by atoms with Gasteiger partial charge in [-0.15, -0.1) is 0 Å². The average Bonchev–Trinajstić information content (AvgIpc) is 3.13. The summed E-state index contributed by atoms with van der Waals surface area (Å²) >= 11 is 0. The third-order valence-electron chi connectivity index (χ3n) is 4.13. The third-order valence-corrected chi connectivity index (χ3v) is 4.13. The lowest BCUT2D eigenvalue weighted by Gasteiger charge is -2.24. The molecular weight excluding hydrogens is 248 g/mol. The number of hydrogen-bond acceptors (Lipinski definition) is 2. The minimum absolute atomic E-state index is 0.00282. The molecule has 1 heterocycles. The summed E-state index contributed by atoms with van der Waals surface area (Å²) in [6.45, 7) is 2.78. The van der Waals surface area contributed by atoms with Crippen molar-refractivity contribution in [3.63, 3.8) is 0 Å². The second-order valence-corrected chi connectivity index (χ2v) is 5.63. The second-order valence-electron chi connectivity index (χ2n) is 5.63. The first-order chi connectivity index (χ1) is 9.15. The predicted octanol–water partition coefficient (Wildman–Crippen LogP) is 3.18. The van der Waals surface area contributed by atoms with Crippen molar-refractivity contribution in [3.8, 4) is 0 Å². The van der Waals surface area contributed by atoms with Crippen molar-refractivity contribution in [2.24, 2.45) is 5.92 Å². The van der Waals surface area contributed by atoms with Crippen molar-refractivity contribution in [2.45, 2.75) is 44.4 Å². The van der Waals surface area contributed by atoms with Gasteiger partial charge in [0.25, 0.3) is 0 Å². The molecule has 1 aromatic carbocycles. The van der Waals surface area contributed by atoms with Crippen molar-refractivity contribution < 1.29 is 13.5 Å². The van der Waals surface area contributed by atoms with Crippen LogP contribution in [-0.4, -0.2) is 18.8 Å². The van der Waals surface area contributed by atoms with Gasteiger partial charge in [-0.05, 0) is 49.8 Å². The molecule has 0 bridgehead atoms. The van der Waals surface area contributed by atoms with Gasteiger partial charge < -0.3 is 10.1 Å². The summed E-state index contributed by atoms with van der Waals surface area (Å²) in [5.74, 6) is -0.888. The number of halogens is 2. The van der Waals surface area contributed by atoms with Crippen LogP contribution in [-0.2, 0) is 4.74 Å². The van der Waals surface area contributed by atoms with E-state index in [1.807, 2.05) is 6.92 Å². The number of hydrogen-bond donors (Lipinski definition) is 1. The number of rotatable bonds is 4. The van der Waals surface area contributed by atoms with Crippen LogP contribution in [0.4, 0.5) is 8.78 Å². The molecular formula is C15H19F2NO. The second kappa shape index (κ2) is 5.17. The molecule has 1 N–H and O–H groups in total. The molecule has 3 unspecified atom stereocenters. The van der Waals surface area contributed by atoms with Gasteiger partial charge in [0.05, 0.1) is 6.10 Å². The minimum atomic E-state index is -0.795. The van der Waals surface area contributed by atoms with Crippen molar-refractivity contribution >= 4 is 0 Å². The van der Waals surface area contributed by atoms with E-state index in [9.17, 15) is 8.78 Å². The quantitative estimate of drug-likeness (QED) is 0.904. The van der Waals surface area contributed by atoms with E-state index in [1.54, 1.807) is 6.07 Å². The van der Waals surface area contributed by atoms with E-state index < -0.39 is 11.6 Å². The summed E-state index contributed by atoms with van der Waals surface area (Å²) in [5.41, 5.74) is 0.778. The molecule has 3 rings (SSSR count). The summed E-state index contributed by atoms with van der Waals surface area (Å²) in [7, 11) is 0. The van der Waals surface area contributed by atoms with Crippen molar-refractivity contribution in [1.82, 2.24) is 5.32 Å². The molecule has 1 aliphatic carbocycles. The van der Waals surface area contributed by atoms with Crippen LogP contribution in [0, 0.1) is 17.6 Å². The zero-order chi connectivity index (χ0) is 13.4. The molecule has 0 amide bonds. The van der Waals surface area contributed by atoms with Crippen LogP contribution in [0.5, 0.6) is 0 Å². The molecule has 2 fully saturated rings. The van der Waals surface area contributed by atoms with Gasteiger partial charge in [-0.2, -0.15) is 0 Å². The Bertz CT molecular complexity index is 461. The number of ether oxygens (including phenoxy) is 1. The molecule has 4 heteroatoms. The zero-order valence-corrected chi connectivity index (χ0v) is 11.0. The van der Waals surface area contributed by atoms with Crippen LogP contribution in [0.2, 0.25) is 0 Å². The summed E-state index contributed by atoms with van der Waals surface area (Å²) in [5, 5.41) is 3.50. The predicted molar refractivity (Wildman–Crippen MR) is 68.8 cm³/mol. The van der Waals surface area contributed by atoms with Gasteiger partial charge in [0.15, 0.2) is 11.6 Å². The summed E-state index contributed by atoms with van der Waals surface area (Å²) in [6, 6.07) is 4.43. The lowest BCUT2D eigenvalue weighted by Crippen LogP contribution is -2.39. The highest BCUT2D eigenvalue weighted by Crippen LogP contribution is 2.39. The smallest absolute Gasteiger partial charge is 0.159 e. The maximum Gasteiger partial charge on any atom is 0.159 e. The Hall–Kier alpha value is -1.00. The highest BCUT2D eigenvalue weighted by Gasteiger charge is 2.40. The SMILES string of the molecule is CC(NC1CCOC1C1CC1)c1ccc(F)c(F)c1. The first kappa shape index (κ1) is 13.0. The monoisotopic (exact) mass is 267 g/mol. The van der Waals surface area contributed by atoms with Crippen LogP contribution in [0.1, 0.15) is 37.8 Å². The van der Waals surface area contributed by atoms with Crippen LogP contribution < -0.4 is 5.32 Å². The van der Waals surface area contributed by atoms with E-state index in [2.05, 4.69) is 5.32 Å². The van der Waals surface area contributed by atoms with Crippen molar-refractivity contribution in [3.05, 3.63) is 35.4 Å². The third kappa shape index (κ3) is 2.79. The molecule has 0 radical (unpaired) electrons. The molecule has 2 aliphatic rings. The number of nitrogens with one attached hydrogen (secondary N) is 1. The van der Waals surface area contributed by atoms with Gasteiger partial charge in [0, 0.05) is 18.7 Å². The maximum absolute atomic E-state index is 13.2. The molecule has 1 aliphatic heterocycles. The summed E-state index contributed by atoms with van der Waals surface area (Å²) in [6.07, 6.45) is 3.80. The van der Waals surface area contributed by atoms with E-state index in [0.29, 0.717) is 18.1 Å². The fraction of sp³-hybridized carbons (Fsp3) is 0.600. The number of benzene rings is 1. The molecule has 0 aromatic heterocycles. The molecule has 3 atom stereocenters. The van der Waals surface area contributed by atoms with Crippen LogP contribution in [0.15, 0.2) is 18.2 Å². The van der Waals surface area contributed by atoms with E-state index in [4.69, 9.17) is 4.74 Å². The molecule has 1 aromatic rings. The normalized spacial score (nSPS) is 28.6. The van der Waals surface area contributed by atoms with Crippen LogP contribution in [0.25, 0.3) is 0 Å². The lowest BCUT2D eigenvalue weighted by molar-refractivity contribution is 0.0793. The maximum atomic E-state index is 13.2. The van der Waals surface area contributed by atoms with Crippen LogP contribution in [0.3, 0.4) is 0 Å². The van der Waals surface area contributed by atoms with Gasteiger partial charge in [0.2, 0.25) is 0 Å². The Balaban J connectivity index is 1.66. The summed E-state index contributed by atoms with van der Waals surface area (Å²) < 4.78 is 31.9. The van der Waals surface area contributed by atoms with E-state index in [1.165, 1.54) is 25.0 Å². The molecule has 0 spiro atoms. The van der Waals surface area contributed by atoms with Crippen LogP contribution >= 0.6 is 0 Å². The molecule has 19 heavy (non-hydrogen) atoms. The standard InChI is InChI=1S/C15H19F2NO/c1-9(11-4-5-12(16)13(17)8-11)18-14-6-7-19-15(14)10-2-3-10/h4-5,8-10,14-15,18H,2-3,6-7H2,1H3. The van der Waals surface area contributed by atoms with Gasteiger partial charge >= 0.3 is 0 Å². The van der Waals surface area contributed by atoms with Gasteiger partial charge in [-0.1, -0.05) is 6.07 Å². The Morgan fingerprint density at radius 3 is 2.68 bits per heavy atom.